The van der Waals surface area contributed by atoms with Gasteiger partial charge in [-0.15, -0.1) is 0 Å². The van der Waals surface area contributed by atoms with E-state index in [1.54, 1.807) is 24.0 Å². The van der Waals surface area contributed by atoms with E-state index in [1.165, 1.54) is 0 Å². The van der Waals surface area contributed by atoms with Gasteiger partial charge in [0.2, 0.25) is 0 Å². The van der Waals surface area contributed by atoms with Gasteiger partial charge < -0.3 is 15.4 Å². The Morgan fingerprint density at radius 1 is 1.73 bits per heavy atom. The predicted octanol–water partition coefficient (Wildman–Crippen LogP) is -0.199. The number of nitrogens with zero attached hydrogens (tertiary/aromatic N) is 2. The molecule has 0 fully saturated rings. The zero-order chi connectivity index (χ0) is 8.43. The van der Waals surface area contributed by atoms with Gasteiger partial charge in [0.05, 0.1) is 18.2 Å². The Hall–Kier alpha value is -0.870. The average Bonchev–Trinajstić information content (AvgIpc) is 2.33. The first-order chi connectivity index (χ1) is 5.13. The summed E-state index contributed by atoms with van der Waals surface area (Å²) in [6.45, 7) is 1.76. The first-order valence-electron chi connectivity index (χ1n) is 3.52. The normalized spacial score (nSPS) is 16.4. The molecule has 0 aliphatic carbocycles. The van der Waals surface area contributed by atoms with E-state index in [0.29, 0.717) is 0 Å². The number of rotatable bonds is 2. The van der Waals surface area contributed by atoms with Crippen molar-refractivity contribution in [2.45, 2.75) is 19.1 Å². The lowest BCUT2D eigenvalue weighted by atomic mass is 10.1. The zero-order valence-corrected chi connectivity index (χ0v) is 6.73. The highest BCUT2D eigenvalue weighted by molar-refractivity contribution is 5.03. The smallest absolute Gasteiger partial charge is 0.110 e. The van der Waals surface area contributed by atoms with Crippen LogP contribution in [0, 0.1) is 0 Å². The highest BCUT2D eigenvalue weighted by Gasteiger charge is 2.14. The summed E-state index contributed by atoms with van der Waals surface area (Å²) in [6.07, 6.45) is 2.64. The summed E-state index contributed by atoms with van der Waals surface area (Å²) in [4.78, 5) is 3.87. The number of aliphatic hydroxyl groups is 1. The Morgan fingerprint density at radius 3 is 2.73 bits per heavy atom. The largest absolute Gasteiger partial charge is 0.385 e. The standard InChI is InChI=1S/C7H13N3O/c1-5(8)7(11)6-3-9-4-10(6)2/h3-5,7,11H,8H2,1-2H3. The van der Waals surface area contributed by atoms with Crippen LogP contribution in [0.25, 0.3) is 0 Å². The van der Waals surface area contributed by atoms with Gasteiger partial charge in [-0.25, -0.2) is 4.98 Å². The fourth-order valence-electron chi connectivity index (χ4n) is 0.922. The summed E-state index contributed by atoms with van der Waals surface area (Å²) in [5, 5.41) is 9.48. The molecule has 3 N–H and O–H groups in total. The van der Waals surface area contributed by atoms with E-state index >= 15 is 0 Å². The lowest BCUT2D eigenvalue weighted by molar-refractivity contribution is 0.145. The van der Waals surface area contributed by atoms with E-state index in [1.807, 2.05) is 7.05 Å². The van der Waals surface area contributed by atoms with Gasteiger partial charge >= 0.3 is 0 Å². The first kappa shape index (κ1) is 8.23. The third-order valence-electron chi connectivity index (χ3n) is 1.66. The van der Waals surface area contributed by atoms with Crippen molar-refractivity contribution in [1.29, 1.82) is 0 Å². The molecule has 4 heteroatoms. The van der Waals surface area contributed by atoms with E-state index in [-0.39, 0.29) is 6.04 Å². The van der Waals surface area contributed by atoms with Crippen molar-refractivity contribution in [2.24, 2.45) is 12.8 Å². The molecular formula is C7H13N3O. The minimum absolute atomic E-state index is 0.259. The average molecular weight is 155 g/mol. The number of hydrogen-bond donors (Lipinski definition) is 2. The molecule has 0 aromatic carbocycles. The highest BCUT2D eigenvalue weighted by Crippen LogP contribution is 2.12. The van der Waals surface area contributed by atoms with Gasteiger partial charge in [-0.2, -0.15) is 0 Å². The summed E-state index contributed by atoms with van der Waals surface area (Å²) in [7, 11) is 1.83. The summed E-state index contributed by atoms with van der Waals surface area (Å²) in [5.41, 5.74) is 6.25. The second-order valence-corrected chi connectivity index (χ2v) is 2.73. The Kier molecular flexibility index (Phi) is 2.26. The number of aromatic nitrogens is 2. The van der Waals surface area contributed by atoms with Crippen LogP contribution in [0.4, 0.5) is 0 Å². The van der Waals surface area contributed by atoms with Crippen LogP contribution in [0.5, 0.6) is 0 Å². The quantitative estimate of drug-likeness (QED) is 0.621. The lowest BCUT2D eigenvalue weighted by Crippen LogP contribution is -2.25. The van der Waals surface area contributed by atoms with Crippen LogP contribution in [-0.4, -0.2) is 20.7 Å². The molecule has 0 spiro atoms. The number of aliphatic hydroxyl groups excluding tert-OH is 1. The summed E-state index contributed by atoms with van der Waals surface area (Å²) >= 11 is 0. The maximum Gasteiger partial charge on any atom is 0.110 e. The topological polar surface area (TPSA) is 64.1 Å². The molecule has 62 valence electrons. The van der Waals surface area contributed by atoms with Crippen LogP contribution in [0.2, 0.25) is 0 Å². The molecule has 4 nitrogen and oxygen atoms in total. The lowest BCUT2D eigenvalue weighted by Gasteiger charge is -2.14. The molecule has 0 amide bonds. The van der Waals surface area contributed by atoms with Crippen LogP contribution in [-0.2, 0) is 7.05 Å². The number of nitrogens with two attached hydrogens (primary N) is 1. The molecule has 0 radical (unpaired) electrons. The molecule has 0 aliphatic heterocycles. The van der Waals surface area contributed by atoms with Crippen molar-refractivity contribution in [3.05, 3.63) is 18.2 Å². The molecule has 11 heavy (non-hydrogen) atoms. The summed E-state index contributed by atoms with van der Waals surface area (Å²) in [6, 6.07) is -0.259. The Balaban J connectivity index is 2.84. The van der Waals surface area contributed by atoms with E-state index in [0.717, 1.165) is 5.69 Å². The molecule has 1 rings (SSSR count). The maximum absolute atomic E-state index is 9.48. The van der Waals surface area contributed by atoms with Gasteiger partial charge in [0.1, 0.15) is 6.10 Å². The van der Waals surface area contributed by atoms with Crippen LogP contribution >= 0.6 is 0 Å². The molecule has 2 atom stereocenters. The molecule has 1 aromatic rings. The van der Waals surface area contributed by atoms with Gasteiger partial charge in [0, 0.05) is 13.1 Å². The SMILES string of the molecule is CC(N)C(O)c1cncn1C. The fraction of sp³-hybridized carbons (Fsp3) is 0.571. The van der Waals surface area contributed by atoms with E-state index in [2.05, 4.69) is 4.98 Å². The molecule has 2 unspecified atom stereocenters. The summed E-state index contributed by atoms with van der Waals surface area (Å²) in [5.74, 6) is 0. The second kappa shape index (κ2) is 3.02. The van der Waals surface area contributed by atoms with Crippen molar-refractivity contribution < 1.29 is 5.11 Å². The Bertz CT molecular complexity index is 231. The first-order valence-corrected chi connectivity index (χ1v) is 3.52. The highest BCUT2D eigenvalue weighted by atomic mass is 16.3. The maximum atomic E-state index is 9.48. The Labute approximate surface area is 65.7 Å². The predicted molar refractivity (Wildman–Crippen MR) is 41.8 cm³/mol. The molecule has 0 aliphatic rings. The van der Waals surface area contributed by atoms with Gasteiger partial charge in [-0.3, -0.25) is 0 Å². The monoisotopic (exact) mass is 155 g/mol. The van der Waals surface area contributed by atoms with Crippen molar-refractivity contribution >= 4 is 0 Å². The summed E-state index contributed by atoms with van der Waals surface area (Å²) < 4.78 is 1.76. The van der Waals surface area contributed by atoms with Gasteiger partial charge in [0.25, 0.3) is 0 Å². The molecule has 0 bridgehead atoms. The van der Waals surface area contributed by atoms with Gasteiger partial charge in [-0.05, 0) is 6.92 Å². The van der Waals surface area contributed by atoms with Crippen LogP contribution in [0.15, 0.2) is 12.5 Å². The number of aryl methyl sites for hydroxylation is 1. The van der Waals surface area contributed by atoms with Crippen LogP contribution in [0.3, 0.4) is 0 Å². The third kappa shape index (κ3) is 1.58. The second-order valence-electron chi connectivity index (χ2n) is 2.73. The fourth-order valence-corrected chi connectivity index (χ4v) is 0.922. The number of hydrogen-bond acceptors (Lipinski definition) is 3. The third-order valence-corrected chi connectivity index (χ3v) is 1.66. The van der Waals surface area contributed by atoms with Crippen molar-refractivity contribution in [1.82, 2.24) is 9.55 Å². The molecule has 1 heterocycles. The van der Waals surface area contributed by atoms with Gasteiger partial charge in [0.15, 0.2) is 0 Å². The van der Waals surface area contributed by atoms with Crippen LogP contribution in [0.1, 0.15) is 18.7 Å². The van der Waals surface area contributed by atoms with Crippen molar-refractivity contribution in [3.8, 4) is 0 Å². The number of imidazole rings is 1. The van der Waals surface area contributed by atoms with Crippen molar-refractivity contribution in [3.63, 3.8) is 0 Å². The zero-order valence-electron chi connectivity index (χ0n) is 6.73. The minimum atomic E-state index is -0.623. The Morgan fingerprint density at radius 2 is 2.36 bits per heavy atom. The molecule has 1 aromatic heterocycles. The van der Waals surface area contributed by atoms with E-state index in [4.69, 9.17) is 5.73 Å². The molecular weight excluding hydrogens is 142 g/mol. The van der Waals surface area contributed by atoms with Crippen LogP contribution < -0.4 is 5.73 Å². The molecule has 0 saturated heterocycles. The van der Waals surface area contributed by atoms with E-state index in [9.17, 15) is 5.11 Å². The van der Waals surface area contributed by atoms with Crippen molar-refractivity contribution in [2.75, 3.05) is 0 Å². The van der Waals surface area contributed by atoms with E-state index < -0.39 is 6.10 Å². The molecule has 0 saturated carbocycles. The van der Waals surface area contributed by atoms with Gasteiger partial charge in [-0.1, -0.05) is 0 Å². The minimum Gasteiger partial charge on any atom is -0.385 e.